The average molecular weight is 182 g/mol. The summed E-state index contributed by atoms with van der Waals surface area (Å²) in [5.41, 5.74) is 0. The number of hydrogen-bond donors (Lipinski definition) is 0. The van der Waals surface area contributed by atoms with Crippen molar-refractivity contribution in [1.29, 1.82) is 0 Å². The summed E-state index contributed by atoms with van der Waals surface area (Å²) < 4.78 is 0. The summed E-state index contributed by atoms with van der Waals surface area (Å²) in [6, 6.07) is 0. The molecule has 0 N–H and O–H groups in total. The quantitative estimate of drug-likeness (QED) is 0.609. The van der Waals surface area contributed by atoms with Gasteiger partial charge in [-0.1, -0.05) is 46.0 Å². The second kappa shape index (κ2) is 5.41. The Hall–Kier alpha value is -0.330. The summed E-state index contributed by atoms with van der Waals surface area (Å²) >= 11 is 0. The van der Waals surface area contributed by atoms with E-state index in [4.69, 9.17) is 0 Å². The summed E-state index contributed by atoms with van der Waals surface area (Å²) in [4.78, 5) is 10.6. The van der Waals surface area contributed by atoms with E-state index in [1.54, 1.807) is 0 Å². The predicted molar refractivity (Wildman–Crippen MR) is 55.6 cm³/mol. The molecule has 0 saturated heterocycles. The normalized spacial score (nSPS) is 31.2. The molecular weight excluding hydrogens is 160 g/mol. The summed E-state index contributed by atoms with van der Waals surface area (Å²) in [6.45, 7) is 4.34. The number of carbonyl (C=O) groups excluding carboxylic acids is 1. The Morgan fingerprint density at radius 1 is 1.31 bits per heavy atom. The summed E-state index contributed by atoms with van der Waals surface area (Å²) in [6.07, 6.45) is 9.08. The van der Waals surface area contributed by atoms with Crippen LogP contribution in [-0.4, -0.2) is 6.29 Å². The Morgan fingerprint density at radius 3 is 2.46 bits per heavy atom. The molecule has 3 atom stereocenters. The molecule has 0 bridgehead atoms. The van der Waals surface area contributed by atoms with Crippen LogP contribution in [0.4, 0.5) is 0 Å². The Kier molecular flexibility index (Phi) is 4.47. The van der Waals surface area contributed by atoms with Crippen LogP contribution in [0.2, 0.25) is 0 Å². The van der Waals surface area contributed by atoms with E-state index in [1.807, 2.05) is 6.92 Å². The van der Waals surface area contributed by atoms with Crippen molar-refractivity contribution in [2.24, 2.45) is 17.8 Å². The van der Waals surface area contributed by atoms with Crippen molar-refractivity contribution in [3.05, 3.63) is 0 Å². The molecule has 1 rings (SSSR count). The molecule has 76 valence electrons. The van der Waals surface area contributed by atoms with Crippen LogP contribution in [0.5, 0.6) is 0 Å². The van der Waals surface area contributed by atoms with E-state index >= 15 is 0 Å². The fraction of sp³-hybridized carbons (Fsp3) is 0.917. The maximum Gasteiger partial charge on any atom is 0.122 e. The number of hydrogen-bond acceptors (Lipinski definition) is 1. The average Bonchev–Trinajstić information content (AvgIpc) is 2.18. The summed E-state index contributed by atoms with van der Waals surface area (Å²) in [5, 5.41) is 0. The van der Waals surface area contributed by atoms with Crippen LogP contribution < -0.4 is 0 Å². The van der Waals surface area contributed by atoms with Crippen molar-refractivity contribution in [3.8, 4) is 0 Å². The van der Waals surface area contributed by atoms with E-state index in [0.717, 1.165) is 24.5 Å². The minimum absolute atomic E-state index is 0.275. The van der Waals surface area contributed by atoms with Crippen molar-refractivity contribution in [1.82, 2.24) is 0 Å². The molecule has 1 aliphatic carbocycles. The third kappa shape index (κ3) is 3.13. The highest BCUT2D eigenvalue weighted by atomic mass is 16.1. The molecule has 0 aromatic heterocycles. The van der Waals surface area contributed by atoms with Gasteiger partial charge in [0.2, 0.25) is 0 Å². The second-order valence-electron chi connectivity index (χ2n) is 4.56. The molecule has 1 heteroatoms. The number of carbonyl (C=O) groups is 1. The summed E-state index contributed by atoms with van der Waals surface area (Å²) in [7, 11) is 0. The topological polar surface area (TPSA) is 17.1 Å². The Bertz CT molecular complexity index is 153. The highest BCUT2D eigenvalue weighted by Gasteiger charge is 2.24. The summed E-state index contributed by atoms with van der Waals surface area (Å²) in [5.74, 6) is 2.01. The lowest BCUT2D eigenvalue weighted by Crippen LogP contribution is -2.21. The van der Waals surface area contributed by atoms with E-state index in [1.165, 1.54) is 32.1 Å². The molecule has 13 heavy (non-hydrogen) atoms. The first kappa shape index (κ1) is 10.7. The van der Waals surface area contributed by atoms with Crippen LogP contribution in [-0.2, 0) is 4.79 Å². The molecule has 0 heterocycles. The maximum absolute atomic E-state index is 10.6. The van der Waals surface area contributed by atoms with Crippen LogP contribution in [0.25, 0.3) is 0 Å². The molecular formula is C12H22O. The Labute approximate surface area is 81.9 Å². The minimum atomic E-state index is 0.275. The van der Waals surface area contributed by atoms with Crippen LogP contribution in [0.3, 0.4) is 0 Å². The molecule has 0 amide bonds. The largest absolute Gasteiger partial charge is 0.303 e. The number of rotatable bonds is 4. The Morgan fingerprint density at radius 2 is 1.92 bits per heavy atom. The molecule has 1 aliphatic rings. The lowest BCUT2D eigenvalue weighted by Gasteiger charge is -2.31. The third-order valence-corrected chi connectivity index (χ3v) is 3.50. The smallest absolute Gasteiger partial charge is 0.122 e. The van der Waals surface area contributed by atoms with Crippen molar-refractivity contribution in [2.75, 3.05) is 0 Å². The Balaban J connectivity index is 2.39. The van der Waals surface area contributed by atoms with Gasteiger partial charge >= 0.3 is 0 Å². The first-order valence-corrected chi connectivity index (χ1v) is 5.73. The zero-order chi connectivity index (χ0) is 9.68. The molecule has 1 nitrogen and oxygen atoms in total. The van der Waals surface area contributed by atoms with E-state index in [2.05, 4.69) is 6.92 Å². The van der Waals surface area contributed by atoms with Crippen molar-refractivity contribution in [3.63, 3.8) is 0 Å². The lowest BCUT2D eigenvalue weighted by molar-refractivity contribution is -0.111. The second-order valence-corrected chi connectivity index (χ2v) is 4.56. The van der Waals surface area contributed by atoms with Crippen LogP contribution in [0.15, 0.2) is 0 Å². The van der Waals surface area contributed by atoms with Gasteiger partial charge in [-0.25, -0.2) is 0 Å². The third-order valence-electron chi connectivity index (χ3n) is 3.50. The van der Waals surface area contributed by atoms with Crippen LogP contribution >= 0.6 is 0 Å². The van der Waals surface area contributed by atoms with E-state index in [0.29, 0.717) is 0 Å². The molecule has 1 saturated carbocycles. The van der Waals surface area contributed by atoms with Gasteiger partial charge in [-0.05, 0) is 18.3 Å². The standard InChI is InChI=1S/C12H22O/c1-3-11-6-4-5-7-12(11)8-10(2)9-13/h9-12H,3-8H2,1-2H3. The van der Waals surface area contributed by atoms with Gasteiger partial charge in [0.25, 0.3) is 0 Å². The fourth-order valence-electron chi connectivity index (χ4n) is 2.67. The van der Waals surface area contributed by atoms with Crippen molar-refractivity contribution in [2.45, 2.75) is 52.4 Å². The van der Waals surface area contributed by atoms with E-state index in [9.17, 15) is 4.79 Å². The number of aldehydes is 1. The molecule has 0 aromatic carbocycles. The molecule has 0 radical (unpaired) electrons. The van der Waals surface area contributed by atoms with Gasteiger partial charge in [0.15, 0.2) is 0 Å². The molecule has 0 aliphatic heterocycles. The highest BCUT2D eigenvalue weighted by molar-refractivity contribution is 5.52. The first-order chi connectivity index (χ1) is 6.27. The van der Waals surface area contributed by atoms with Gasteiger partial charge in [-0.15, -0.1) is 0 Å². The molecule has 0 aromatic rings. The van der Waals surface area contributed by atoms with Crippen molar-refractivity contribution >= 4 is 6.29 Å². The minimum Gasteiger partial charge on any atom is -0.303 e. The van der Waals surface area contributed by atoms with Crippen LogP contribution in [0, 0.1) is 17.8 Å². The lowest BCUT2D eigenvalue weighted by atomic mass is 9.74. The van der Waals surface area contributed by atoms with Gasteiger partial charge in [-0.2, -0.15) is 0 Å². The van der Waals surface area contributed by atoms with Gasteiger partial charge in [0.05, 0.1) is 0 Å². The zero-order valence-corrected chi connectivity index (χ0v) is 8.96. The van der Waals surface area contributed by atoms with Crippen LogP contribution in [0.1, 0.15) is 52.4 Å². The maximum atomic E-state index is 10.6. The first-order valence-electron chi connectivity index (χ1n) is 5.73. The highest BCUT2D eigenvalue weighted by Crippen LogP contribution is 2.35. The zero-order valence-electron chi connectivity index (χ0n) is 8.96. The molecule has 1 fully saturated rings. The molecule has 0 spiro atoms. The van der Waals surface area contributed by atoms with E-state index < -0.39 is 0 Å². The monoisotopic (exact) mass is 182 g/mol. The van der Waals surface area contributed by atoms with Gasteiger partial charge in [0.1, 0.15) is 6.29 Å². The van der Waals surface area contributed by atoms with Gasteiger partial charge in [0, 0.05) is 5.92 Å². The van der Waals surface area contributed by atoms with Crippen molar-refractivity contribution < 1.29 is 4.79 Å². The van der Waals surface area contributed by atoms with E-state index in [-0.39, 0.29) is 5.92 Å². The SMILES string of the molecule is CCC1CCCCC1CC(C)C=O. The van der Waals surface area contributed by atoms with Gasteiger partial charge < -0.3 is 4.79 Å². The van der Waals surface area contributed by atoms with Gasteiger partial charge in [-0.3, -0.25) is 0 Å². The molecule has 3 unspecified atom stereocenters. The fourth-order valence-corrected chi connectivity index (χ4v) is 2.67. The predicted octanol–water partition coefficient (Wildman–Crippen LogP) is 3.43.